The molecule has 5 heteroatoms. The van der Waals surface area contributed by atoms with Crippen LogP contribution in [-0.4, -0.2) is 63.8 Å². The fourth-order valence-corrected chi connectivity index (χ4v) is 2.66. The molecule has 130 valence electrons. The van der Waals surface area contributed by atoms with Crippen molar-refractivity contribution in [3.63, 3.8) is 0 Å². The average molecular weight is 313 g/mol. The maximum absolute atomic E-state index is 5.58. The van der Waals surface area contributed by atoms with Crippen LogP contribution in [0.1, 0.15) is 40.0 Å². The summed E-state index contributed by atoms with van der Waals surface area (Å²) >= 11 is 0. The number of rotatable bonds is 10. The zero-order valence-corrected chi connectivity index (χ0v) is 15.0. The van der Waals surface area contributed by atoms with E-state index >= 15 is 0 Å². The summed E-state index contributed by atoms with van der Waals surface area (Å²) in [5.74, 6) is 2.16. The van der Waals surface area contributed by atoms with Gasteiger partial charge in [0.05, 0.1) is 0 Å². The number of nitrogens with one attached hydrogen (secondary N) is 2. The Morgan fingerprint density at radius 3 is 2.55 bits per heavy atom. The van der Waals surface area contributed by atoms with E-state index in [2.05, 4.69) is 41.3 Å². The number of guanidine groups is 1. The second-order valence-corrected chi connectivity index (χ2v) is 6.82. The van der Waals surface area contributed by atoms with Gasteiger partial charge in [-0.05, 0) is 44.2 Å². The van der Waals surface area contributed by atoms with Gasteiger partial charge in [-0.1, -0.05) is 20.8 Å². The van der Waals surface area contributed by atoms with Crippen molar-refractivity contribution in [2.45, 2.75) is 40.0 Å². The standard InChI is InChI=1S/C17H36N4O/c1-15(2)14-22-11-7-8-19-17(18-4)20-12-16(3)13-21-9-5-6-10-21/h15-16H,5-14H2,1-4H3,(H2,18,19,20). The summed E-state index contributed by atoms with van der Waals surface area (Å²) in [5, 5.41) is 6.78. The van der Waals surface area contributed by atoms with Crippen LogP contribution in [0.5, 0.6) is 0 Å². The van der Waals surface area contributed by atoms with E-state index < -0.39 is 0 Å². The van der Waals surface area contributed by atoms with Crippen molar-refractivity contribution in [3.05, 3.63) is 0 Å². The third kappa shape index (κ3) is 9.26. The molecule has 1 aliphatic heterocycles. The van der Waals surface area contributed by atoms with Crippen LogP contribution in [0.2, 0.25) is 0 Å². The Hall–Kier alpha value is -0.810. The van der Waals surface area contributed by atoms with Gasteiger partial charge < -0.3 is 20.3 Å². The Labute approximate surface area is 136 Å². The van der Waals surface area contributed by atoms with Crippen molar-refractivity contribution < 1.29 is 4.74 Å². The van der Waals surface area contributed by atoms with E-state index in [1.165, 1.54) is 32.5 Å². The van der Waals surface area contributed by atoms with E-state index in [1.54, 1.807) is 0 Å². The lowest BCUT2D eigenvalue weighted by molar-refractivity contribution is 0.108. The van der Waals surface area contributed by atoms with E-state index in [1.807, 2.05) is 7.05 Å². The monoisotopic (exact) mass is 312 g/mol. The molecule has 0 saturated carbocycles. The summed E-state index contributed by atoms with van der Waals surface area (Å²) < 4.78 is 5.58. The highest BCUT2D eigenvalue weighted by Crippen LogP contribution is 2.09. The van der Waals surface area contributed by atoms with Gasteiger partial charge in [0.15, 0.2) is 5.96 Å². The van der Waals surface area contributed by atoms with Crippen molar-refractivity contribution in [2.75, 3.05) is 53.0 Å². The molecule has 5 nitrogen and oxygen atoms in total. The molecule has 0 amide bonds. The molecule has 0 spiro atoms. The molecule has 1 saturated heterocycles. The minimum atomic E-state index is 0.611. The van der Waals surface area contributed by atoms with Crippen LogP contribution in [0.15, 0.2) is 4.99 Å². The van der Waals surface area contributed by atoms with Crippen molar-refractivity contribution >= 4 is 5.96 Å². The Morgan fingerprint density at radius 1 is 1.18 bits per heavy atom. The minimum Gasteiger partial charge on any atom is -0.381 e. The zero-order valence-electron chi connectivity index (χ0n) is 15.0. The predicted octanol–water partition coefficient (Wildman–Crippen LogP) is 1.95. The molecular weight excluding hydrogens is 276 g/mol. The van der Waals surface area contributed by atoms with Gasteiger partial charge in [-0.15, -0.1) is 0 Å². The summed E-state index contributed by atoms with van der Waals surface area (Å²) in [6.45, 7) is 13.9. The van der Waals surface area contributed by atoms with E-state index in [0.29, 0.717) is 11.8 Å². The summed E-state index contributed by atoms with van der Waals surface area (Å²) in [6.07, 6.45) is 3.74. The molecule has 0 aliphatic carbocycles. The fourth-order valence-electron chi connectivity index (χ4n) is 2.66. The molecular formula is C17H36N4O. The van der Waals surface area contributed by atoms with E-state index in [9.17, 15) is 0 Å². The summed E-state index contributed by atoms with van der Waals surface area (Å²) in [5.41, 5.74) is 0. The van der Waals surface area contributed by atoms with Gasteiger partial charge in [0, 0.05) is 39.9 Å². The molecule has 0 aromatic heterocycles. The topological polar surface area (TPSA) is 48.9 Å². The van der Waals surface area contributed by atoms with Gasteiger partial charge >= 0.3 is 0 Å². The van der Waals surface area contributed by atoms with Gasteiger partial charge in [0.2, 0.25) is 0 Å². The van der Waals surface area contributed by atoms with Gasteiger partial charge in [-0.2, -0.15) is 0 Å². The Kier molecular flexibility index (Phi) is 10.2. The Morgan fingerprint density at radius 2 is 1.91 bits per heavy atom. The number of hydrogen-bond donors (Lipinski definition) is 2. The van der Waals surface area contributed by atoms with Crippen molar-refractivity contribution in [2.24, 2.45) is 16.8 Å². The maximum Gasteiger partial charge on any atom is 0.190 e. The molecule has 1 heterocycles. The first-order chi connectivity index (χ1) is 10.6. The van der Waals surface area contributed by atoms with Crippen LogP contribution >= 0.6 is 0 Å². The number of ether oxygens (including phenoxy) is 1. The molecule has 1 rings (SSSR count). The third-order valence-electron chi connectivity index (χ3n) is 3.82. The maximum atomic E-state index is 5.58. The molecule has 1 atom stereocenters. The lowest BCUT2D eigenvalue weighted by Crippen LogP contribution is -2.41. The highest BCUT2D eigenvalue weighted by atomic mass is 16.5. The Bertz CT molecular complexity index is 301. The fraction of sp³-hybridized carbons (Fsp3) is 0.941. The molecule has 1 aliphatic rings. The van der Waals surface area contributed by atoms with Crippen LogP contribution in [0.25, 0.3) is 0 Å². The molecule has 2 N–H and O–H groups in total. The molecule has 1 unspecified atom stereocenters. The number of aliphatic imine (C=N–C) groups is 1. The Balaban J connectivity index is 2.03. The lowest BCUT2D eigenvalue weighted by atomic mass is 10.1. The second-order valence-electron chi connectivity index (χ2n) is 6.82. The van der Waals surface area contributed by atoms with E-state index in [0.717, 1.165) is 38.7 Å². The van der Waals surface area contributed by atoms with Crippen molar-refractivity contribution in [1.29, 1.82) is 0 Å². The third-order valence-corrected chi connectivity index (χ3v) is 3.82. The number of hydrogen-bond acceptors (Lipinski definition) is 3. The van der Waals surface area contributed by atoms with Crippen molar-refractivity contribution in [3.8, 4) is 0 Å². The largest absolute Gasteiger partial charge is 0.381 e. The first-order valence-electron chi connectivity index (χ1n) is 8.86. The lowest BCUT2D eigenvalue weighted by Gasteiger charge is -2.21. The first-order valence-corrected chi connectivity index (χ1v) is 8.86. The summed E-state index contributed by atoms with van der Waals surface area (Å²) in [4.78, 5) is 6.84. The average Bonchev–Trinajstić information content (AvgIpc) is 2.98. The molecule has 0 bridgehead atoms. The summed E-state index contributed by atoms with van der Waals surface area (Å²) in [7, 11) is 1.83. The van der Waals surface area contributed by atoms with Crippen LogP contribution in [0, 0.1) is 11.8 Å². The van der Waals surface area contributed by atoms with Gasteiger partial charge in [-0.3, -0.25) is 4.99 Å². The second kappa shape index (κ2) is 11.7. The van der Waals surface area contributed by atoms with Gasteiger partial charge in [0.1, 0.15) is 0 Å². The zero-order chi connectivity index (χ0) is 16.2. The smallest absolute Gasteiger partial charge is 0.190 e. The van der Waals surface area contributed by atoms with Crippen LogP contribution in [0.3, 0.4) is 0 Å². The molecule has 0 aromatic rings. The highest BCUT2D eigenvalue weighted by Gasteiger charge is 2.14. The van der Waals surface area contributed by atoms with Crippen LogP contribution < -0.4 is 10.6 Å². The number of likely N-dealkylation sites (tertiary alicyclic amines) is 1. The first kappa shape index (κ1) is 19.2. The molecule has 22 heavy (non-hydrogen) atoms. The van der Waals surface area contributed by atoms with E-state index in [4.69, 9.17) is 4.74 Å². The minimum absolute atomic E-state index is 0.611. The van der Waals surface area contributed by atoms with E-state index in [-0.39, 0.29) is 0 Å². The highest BCUT2D eigenvalue weighted by molar-refractivity contribution is 5.79. The van der Waals surface area contributed by atoms with Crippen LogP contribution in [-0.2, 0) is 4.74 Å². The van der Waals surface area contributed by atoms with Gasteiger partial charge in [-0.25, -0.2) is 0 Å². The normalized spacial score (nSPS) is 18.0. The van der Waals surface area contributed by atoms with Crippen molar-refractivity contribution in [1.82, 2.24) is 15.5 Å². The SMILES string of the molecule is CN=C(NCCCOCC(C)C)NCC(C)CN1CCCC1. The van der Waals surface area contributed by atoms with Gasteiger partial charge in [0.25, 0.3) is 0 Å². The molecule has 1 fully saturated rings. The molecule has 0 aromatic carbocycles. The molecule has 0 radical (unpaired) electrons. The number of nitrogens with zero attached hydrogens (tertiary/aromatic N) is 2. The quantitative estimate of drug-likeness (QED) is 0.368. The predicted molar refractivity (Wildman–Crippen MR) is 94.5 cm³/mol. The summed E-state index contributed by atoms with van der Waals surface area (Å²) in [6, 6.07) is 0. The van der Waals surface area contributed by atoms with Crippen LogP contribution in [0.4, 0.5) is 0 Å².